The molecule has 0 unspecified atom stereocenters. The first-order valence-electron chi connectivity index (χ1n) is 8.76. The van der Waals surface area contributed by atoms with E-state index in [1.807, 2.05) is 18.3 Å². The molecule has 0 saturated heterocycles. The molecular weight excluding hydrogens is 368 g/mol. The topological polar surface area (TPSA) is 82.2 Å². The highest BCUT2D eigenvalue weighted by Gasteiger charge is 2.26. The van der Waals surface area contributed by atoms with Crippen LogP contribution in [-0.4, -0.2) is 27.8 Å². The molecule has 8 heteroatoms. The summed E-state index contributed by atoms with van der Waals surface area (Å²) < 4.78 is 12.7. The van der Waals surface area contributed by atoms with Crippen LogP contribution in [0.1, 0.15) is 31.1 Å². The van der Waals surface area contributed by atoms with Crippen molar-refractivity contribution in [1.82, 2.24) is 14.8 Å². The fourth-order valence-corrected chi connectivity index (χ4v) is 3.26. The molecule has 1 amide bonds. The van der Waals surface area contributed by atoms with Gasteiger partial charge in [-0.3, -0.25) is 4.79 Å². The lowest BCUT2D eigenvalue weighted by Crippen LogP contribution is -2.18. The third-order valence-electron chi connectivity index (χ3n) is 4.69. The molecule has 1 N–H and O–H groups in total. The molecule has 7 nitrogen and oxygen atoms in total. The van der Waals surface area contributed by atoms with E-state index in [0.717, 1.165) is 18.5 Å². The Bertz CT molecular complexity index is 962. The largest absolute Gasteiger partial charge is 0.495 e. The van der Waals surface area contributed by atoms with E-state index in [4.69, 9.17) is 20.8 Å². The zero-order valence-electron chi connectivity index (χ0n) is 14.8. The Labute approximate surface area is 161 Å². The van der Waals surface area contributed by atoms with Crippen LogP contribution in [0.3, 0.4) is 0 Å². The standard InChI is InChI=1S/C19H19ClN4O3/c1-26-16-8-7-13(10-14(16)20)21-17(25)11-24-9-3-6-15(24)19-23-22-18(27-19)12-4-2-5-12/h3,6-10,12H,2,4-5,11H2,1H3,(H,21,25). The summed E-state index contributed by atoms with van der Waals surface area (Å²) in [5, 5.41) is 11.6. The van der Waals surface area contributed by atoms with E-state index in [1.54, 1.807) is 29.9 Å². The number of hydrogen-bond donors (Lipinski definition) is 1. The van der Waals surface area contributed by atoms with Gasteiger partial charge in [0.15, 0.2) is 0 Å². The number of amides is 1. The summed E-state index contributed by atoms with van der Waals surface area (Å²) in [7, 11) is 1.54. The first-order valence-corrected chi connectivity index (χ1v) is 9.14. The van der Waals surface area contributed by atoms with Crippen molar-refractivity contribution in [2.24, 2.45) is 0 Å². The lowest BCUT2D eigenvalue weighted by molar-refractivity contribution is -0.116. The quantitative estimate of drug-likeness (QED) is 0.689. The van der Waals surface area contributed by atoms with Gasteiger partial charge in [0.2, 0.25) is 11.8 Å². The van der Waals surface area contributed by atoms with Crippen LogP contribution < -0.4 is 10.1 Å². The number of carbonyl (C=O) groups excluding carboxylic acids is 1. The number of nitrogens with one attached hydrogen (secondary N) is 1. The minimum absolute atomic E-state index is 0.118. The van der Waals surface area contributed by atoms with E-state index >= 15 is 0 Å². The summed E-state index contributed by atoms with van der Waals surface area (Å²) in [6, 6.07) is 8.80. The molecule has 0 bridgehead atoms. The number of rotatable bonds is 6. The van der Waals surface area contributed by atoms with Gasteiger partial charge in [-0.2, -0.15) is 0 Å². The molecule has 0 radical (unpaired) electrons. The van der Waals surface area contributed by atoms with Crippen LogP contribution in [-0.2, 0) is 11.3 Å². The van der Waals surface area contributed by atoms with Gasteiger partial charge in [-0.15, -0.1) is 10.2 Å². The van der Waals surface area contributed by atoms with Crippen LogP contribution in [0.25, 0.3) is 11.6 Å². The van der Waals surface area contributed by atoms with E-state index < -0.39 is 0 Å². The van der Waals surface area contributed by atoms with Crippen molar-refractivity contribution in [2.45, 2.75) is 31.7 Å². The molecule has 1 aromatic carbocycles. The van der Waals surface area contributed by atoms with Crippen molar-refractivity contribution < 1.29 is 13.9 Å². The van der Waals surface area contributed by atoms with Crippen molar-refractivity contribution in [3.8, 4) is 17.3 Å². The van der Waals surface area contributed by atoms with E-state index in [0.29, 0.717) is 34.2 Å². The Kier molecular flexibility index (Phi) is 4.85. The highest BCUT2D eigenvalue weighted by Crippen LogP contribution is 2.36. The minimum Gasteiger partial charge on any atom is -0.495 e. The molecule has 0 atom stereocenters. The average molecular weight is 387 g/mol. The van der Waals surface area contributed by atoms with Crippen LogP contribution in [0.5, 0.6) is 5.75 Å². The molecule has 2 aromatic heterocycles. The second kappa shape index (κ2) is 7.44. The Morgan fingerprint density at radius 3 is 2.93 bits per heavy atom. The Morgan fingerprint density at radius 2 is 2.22 bits per heavy atom. The maximum absolute atomic E-state index is 12.4. The van der Waals surface area contributed by atoms with Crippen molar-refractivity contribution in [2.75, 3.05) is 12.4 Å². The van der Waals surface area contributed by atoms with Crippen molar-refractivity contribution in [3.63, 3.8) is 0 Å². The summed E-state index contributed by atoms with van der Waals surface area (Å²) in [5.74, 6) is 1.86. The zero-order chi connectivity index (χ0) is 18.8. The number of methoxy groups -OCH3 is 1. The molecule has 27 heavy (non-hydrogen) atoms. The molecule has 0 spiro atoms. The van der Waals surface area contributed by atoms with Gasteiger partial charge in [-0.05, 0) is 43.2 Å². The molecule has 0 aliphatic heterocycles. The first kappa shape index (κ1) is 17.6. The molecule has 1 aliphatic carbocycles. The molecule has 1 saturated carbocycles. The number of carbonyl (C=O) groups is 1. The third-order valence-corrected chi connectivity index (χ3v) is 4.99. The van der Waals surface area contributed by atoms with Gasteiger partial charge in [-0.1, -0.05) is 18.0 Å². The Morgan fingerprint density at radius 1 is 1.37 bits per heavy atom. The second-order valence-electron chi connectivity index (χ2n) is 6.49. The number of benzene rings is 1. The Balaban J connectivity index is 1.45. The first-order chi connectivity index (χ1) is 13.1. The van der Waals surface area contributed by atoms with Crippen LogP contribution in [0, 0.1) is 0 Å². The SMILES string of the molecule is COc1ccc(NC(=O)Cn2cccc2-c2nnc(C3CCC3)o2)cc1Cl. The molecule has 140 valence electrons. The van der Waals surface area contributed by atoms with Crippen LogP contribution >= 0.6 is 11.6 Å². The van der Waals surface area contributed by atoms with Gasteiger partial charge in [0, 0.05) is 17.8 Å². The molecule has 4 rings (SSSR count). The van der Waals surface area contributed by atoms with Gasteiger partial charge < -0.3 is 19.0 Å². The number of anilines is 1. The monoisotopic (exact) mass is 386 g/mol. The number of ether oxygens (including phenoxy) is 1. The van der Waals surface area contributed by atoms with Gasteiger partial charge in [0.1, 0.15) is 18.0 Å². The zero-order valence-corrected chi connectivity index (χ0v) is 15.6. The van der Waals surface area contributed by atoms with Gasteiger partial charge in [0.05, 0.1) is 12.1 Å². The van der Waals surface area contributed by atoms with Gasteiger partial charge in [0.25, 0.3) is 5.89 Å². The average Bonchev–Trinajstić information content (AvgIpc) is 3.23. The van der Waals surface area contributed by atoms with E-state index in [1.165, 1.54) is 6.42 Å². The fourth-order valence-electron chi connectivity index (χ4n) is 3.00. The normalized spacial score (nSPS) is 14.0. The summed E-state index contributed by atoms with van der Waals surface area (Å²) in [5.41, 5.74) is 1.32. The number of nitrogens with zero attached hydrogens (tertiary/aromatic N) is 3. The lowest BCUT2D eigenvalue weighted by atomic mass is 9.85. The molecule has 2 heterocycles. The van der Waals surface area contributed by atoms with Crippen LogP contribution in [0.4, 0.5) is 5.69 Å². The predicted octanol–water partition coefficient (Wildman–Crippen LogP) is 4.11. The van der Waals surface area contributed by atoms with Crippen molar-refractivity contribution in [1.29, 1.82) is 0 Å². The summed E-state index contributed by atoms with van der Waals surface area (Å²) >= 11 is 6.10. The highest BCUT2D eigenvalue weighted by molar-refractivity contribution is 6.32. The Hall–Kier alpha value is -2.80. The minimum atomic E-state index is -0.188. The summed E-state index contributed by atoms with van der Waals surface area (Å²) in [6.45, 7) is 0.118. The highest BCUT2D eigenvalue weighted by atomic mass is 35.5. The molecule has 1 aliphatic rings. The maximum atomic E-state index is 12.4. The van der Waals surface area contributed by atoms with Gasteiger partial charge >= 0.3 is 0 Å². The van der Waals surface area contributed by atoms with E-state index in [2.05, 4.69) is 15.5 Å². The van der Waals surface area contributed by atoms with Crippen molar-refractivity contribution >= 4 is 23.2 Å². The number of hydrogen-bond acceptors (Lipinski definition) is 5. The molecule has 3 aromatic rings. The van der Waals surface area contributed by atoms with Gasteiger partial charge in [-0.25, -0.2) is 0 Å². The van der Waals surface area contributed by atoms with Crippen LogP contribution in [0.2, 0.25) is 5.02 Å². The maximum Gasteiger partial charge on any atom is 0.264 e. The second-order valence-corrected chi connectivity index (χ2v) is 6.90. The van der Waals surface area contributed by atoms with E-state index in [-0.39, 0.29) is 12.5 Å². The van der Waals surface area contributed by atoms with Crippen molar-refractivity contribution in [3.05, 3.63) is 47.4 Å². The smallest absolute Gasteiger partial charge is 0.264 e. The summed E-state index contributed by atoms with van der Waals surface area (Å²) in [6.07, 6.45) is 5.20. The molecular formula is C19H19ClN4O3. The molecule has 1 fully saturated rings. The van der Waals surface area contributed by atoms with Crippen LogP contribution in [0.15, 0.2) is 40.9 Å². The summed E-state index contributed by atoms with van der Waals surface area (Å²) in [4.78, 5) is 12.4. The number of aromatic nitrogens is 3. The lowest BCUT2D eigenvalue weighted by Gasteiger charge is -2.20. The van der Waals surface area contributed by atoms with E-state index in [9.17, 15) is 4.79 Å². The fraction of sp³-hybridized carbons (Fsp3) is 0.316. The number of halogens is 1. The third kappa shape index (κ3) is 3.68. The predicted molar refractivity (Wildman–Crippen MR) is 101 cm³/mol.